The van der Waals surface area contributed by atoms with Crippen molar-refractivity contribution >= 4 is 22.7 Å². The molecule has 7 nitrogen and oxygen atoms in total. The molecule has 0 saturated carbocycles. The van der Waals surface area contributed by atoms with Gasteiger partial charge in [0.05, 0.1) is 7.11 Å². The summed E-state index contributed by atoms with van der Waals surface area (Å²) in [5.74, 6) is 0.589. The summed E-state index contributed by atoms with van der Waals surface area (Å²) in [6, 6.07) is 13.1. The number of aryl methyl sites for hydroxylation is 2. The van der Waals surface area contributed by atoms with Gasteiger partial charge in [0.15, 0.2) is 6.61 Å². The fraction of sp³-hybridized carbons (Fsp3) is 0.238. The van der Waals surface area contributed by atoms with Crippen molar-refractivity contribution < 1.29 is 19.1 Å². The van der Waals surface area contributed by atoms with Crippen LogP contribution in [0.4, 0.5) is 0 Å². The van der Waals surface area contributed by atoms with Crippen molar-refractivity contribution in [2.24, 2.45) is 0 Å². The minimum Gasteiger partial charge on any atom is -0.497 e. The van der Waals surface area contributed by atoms with E-state index >= 15 is 0 Å². The number of carbonyl (C=O) groups is 2. The van der Waals surface area contributed by atoms with Gasteiger partial charge in [-0.2, -0.15) is 0 Å². The smallest absolute Gasteiger partial charge is 0.276 e. The van der Waals surface area contributed by atoms with Crippen molar-refractivity contribution in [3.8, 4) is 11.5 Å². The SMILES string of the molecule is COc1ccc2c(ccn2CC(=O)NNC(=O)COc2ccc(C)c(C)c2)c1. The van der Waals surface area contributed by atoms with E-state index in [9.17, 15) is 9.59 Å². The maximum Gasteiger partial charge on any atom is 0.276 e. The molecule has 7 heteroatoms. The summed E-state index contributed by atoms with van der Waals surface area (Å²) in [5.41, 5.74) is 7.90. The van der Waals surface area contributed by atoms with Crippen molar-refractivity contribution in [1.29, 1.82) is 0 Å². The highest BCUT2D eigenvalue weighted by atomic mass is 16.5. The molecule has 3 aromatic rings. The molecule has 0 aliphatic carbocycles. The third-order valence-electron chi connectivity index (χ3n) is 4.48. The maximum absolute atomic E-state index is 12.1. The van der Waals surface area contributed by atoms with E-state index in [0.29, 0.717) is 5.75 Å². The molecule has 0 atom stereocenters. The number of amides is 2. The zero-order valence-electron chi connectivity index (χ0n) is 16.1. The molecule has 2 N–H and O–H groups in total. The summed E-state index contributed by atoms with van der Waals surface area (Å²) in [4.78, 5) is 24.0. The van der Waals surface area contributed by atoms with Gasteiger partial charge in [0.2, 0.25) is 0 Å². The molecular weight excluding hydrogens is 358 g/mol. The van der Waals surface area contributed by atoms with Crippen LogP contribution in [0.25, 0.3) is 10.9 Å². The van der Waals surface area contributed by atoms with Gasteiger partial charge in [-0.25, -0.2) is 0 Å². The van der Waals surface area contributed by atoms with Crippen LogP contribution in [-0.4, -0.2) is 30.1 Å². The van der Waals surface area contributed by atoms with Gasteiger partial charge in [-0.3, -0.25) is 20.4 Å². The monoisotopic (exact) mass is 381 g/mol. The Morgan fingerprint density at radius 1 is 0.929 bits per heavy atom. The summed E-state index contributed by atoms with van der Waals surface area (Å²) >= 11 is 0. The summed E-state index contributed by atoms with van der Waals surface area (Å²) < 4.78 is 12.4. The van der Waals surface area contributed by atoms with Crippen molar-refractivity contribution in [2.75, 3.05) is 13.7 Å². The van der Waals surface area contributed by atoms with Gasteiger partial charge in [0.25, 0.3) is 11.8 Å². The summed E-state index contributed by atoms with van der Waals surface area (Å²) in [6.07, 6.45) is 1.81. The molecular formula is C21H23N3O4. The molecule has 0 fully saturated rings. The number of carbonyl (C=O) groups excluding carboxylic acids is 2. The third-order valence-corrected chi connectivity index (χ3v) is 4.48. The van der Waals surface area contributed by atoms with Gasteiger partial charge in [-0.05, 0) is 61.4 Å². The van der Waals surface area contributed by atoms with Crippen LogP contribution in [0.2, 0.25) is 0 Å². The van der Waals surface area contributed by atoms with Crippen molar-refractivity contribution in [1.82, 2.24) is 15.4 Å². The zero-order valence-corrected chi connectivity index (χ0v) is 16.1. The first kappa shape index (κ1) is 19.3. The van der Waals surface area contributed by atoms with Crippen LogP contribution in [0.5, 0.6) is 11.5 Å². The van der Waals surface area contributed by atoms with Crippen molar-refractivity contribution in [3.05, 3.63) is 59.8 Å². The second-order valence-electron chi connectivity index (χ2n) is 6.50. The molecule has 0 aliphatic heterocycles. The largest absolute Gasteiger partial charge is 0.497 e. The van der Waals surface area contributed by atoms with Crippen molar-refractivity contribution in [2.45, 2.75) is 20.4 Å². The Morgan fingerprint density at radius 2 is 1.68 bits per heavy atom. The van der Waals surface area contributed by atoms with E-state index < -0.39 is 5.91 Å². The molecule has 0 spiro atoms. The number of hydrazine groups is 1. The molecule has 28 heavy (non-hydrogen) atoms. The quantitative estimate of drug-likeness (QED) is 0.643. The molecule has 2 aromatic carbocycles. The summed E-state index contributed by atoms with van der Waals surface area (Å²) in [6.45, 7) is 3.87. The number of nitrogens with one attached hydrogen (secondary N) is 2. The first-order valence-electron chi connectivity index (χ1n) is 8.87. The lowest BCUT2D eigenvalue weighted by Gasteiger charge is -2.11. The number of ether oxygens (including phenoxy) is 2. The van der Waals surface area contributed by atoms with Gasteiger partial charge in [-0.15, -0.1) is 0 Å². The second-order valence-corrected chi connectivity index (χ2v) is 6.50. The Hall–Kier alpha value is -3.48. The predicted molar refractivity (Wildman–Crippen MR) is 106 cm³/mol. The standard InChI is InChI=1S/C21H23N3O4/c1-14-4-5-18(10-15(14)2)28-13-21(26)23-22-20(25)12-24-9-8-16-11-17(27-3)6-7-19(16)24/h4-11H,12-13H2,1-3H3,(H,22,25)(H,23,26). The number of hydrogen-bond donors (Lipinski definition) is 2. The fourth-order valence-electron chi connectivity index (χ4n) is 2.77. The minimum absolute atomic E-state index is 0.0775. The molecule has 0 radical (unpaired) electrons. The zero-order chi connectivity index (χ0) is 20.1. The lowest BCUT2D eigenvalue weighted by atomic mass is 10.1. The topological polar surface area (TPSA) is 81.6 Å². The number of methoxy groups -OCH3 is 1. The highest BCUT2D eigenvalue weighted by molar-refractivity contribution is 5.86. The molecule has 146 valence electrons. The average molecular weight is 381 g/mol. The van der Waals surface area contributed by atoms with Gasteiger partial charge >= 0.3 is 0 Å². The Kier molecular flexibility index (Phi) is 5.84. The predicted octanol–water partition coefficient (Wildman–Crippen LogP) is 2.49. The fourth-order valence-corrected chi connectivity index (χ4v) is 2.77. The number of rotatable bonds is 6. The lowest BCUT2D eigenvalue weighted by Crippen LogP contribution is -2.45. The maximum atomic E-state index is 12.1. The van der Waals surface area contributed by atoms with E-state index in [1.165, 1.54) is 0 Å². The summed E-state index contributed by atoms with van der Waals surface area (Å²) in [7, 11) is 1.61. The van der Waals surface area contributed by atoms with Gasteiger partial charge in [0, 0.05) is 17.1 Å². The van der Waals surface area contributed by atoms with E-state index in [0.717, 1.165) is 27.8 Å². The van der Waals surface area contributed by atoms with Crippen LogP contribution in [-0.2, 0) is 16.1 Å². The molecule has 0 aliphatic rings. The Balaban J connectivity index is 1.48. The first-order chi connectivity index (χ1) is 13.5. The summed E-state index contributed by atoms with van der Waals surface area (Å²) in [5, 5.41) is 0.970. The number of aromatic nitrogens is 1. The molecule has 0 bridgehead atoms. The van der Waals surface area contributed by atoms with E-state index in [2.05, 4.69) is 10.9 Å². The Bertz CT molecular complexity index is 1010. The normalized spacial score (nSPS) is 10.5. The van der Waals surface area contributed by atoms with Crippen LogP contribution in [0.1, 0.15) is 11.1 Å². The Labute approximate surface area is 163 Å². The highest BCUT2D eigenvalue weighted by Crippen LogP contribution is 2.21. The number of hydrogen-bond acceptors (Lipinski definition) is 4. The lowest BCUT2D eigenvalue weighted by molar-refractivity contribution is -0.130. The number of benzene rings is 2. The van der Waals surface area contributed by atoms with E-state index in [-0.39, 0.29) is 19.1 Å². The average Bonchev–Trinajstić information content (AvgIpc) is 3.09. The molecule has 1 aromatic heterocycles. The number of nitrogens with zero attached hydrogens (tertiary/aromatic N) is 1. The third kappa shape index (κ3) is 4.62. The second kappa shape index (κ2) is 8.47. The minimum atomic E-state index is -0.436. The van der Waals surface area contributed by atoms with E-state index in [1.807, 2.05) is 56.4 Å². The van der Waals surface area contributed by atoms with E-state index in [1.54, 1.807) is 17.7 Å². The van der Waals surface area contributed by atoms with Crippen molar-refractivity contribution in [3.63, 3.8) is 0 Å². The highest BCUT2D eigenvalue weighted by Gasteiger charge is 2.09. The molecule has 3 rings (SSSR count). The molecule has 2 amide bonds. The van der Waals surface area contributed by atoms with Gasteiger partial charge < -0.3 is 14.0 Å². The van der Waals surface area contributed by atoms with Crippen LogP contribution in [0.15, 0.2) is 48.7 Å². The van der Waals surface area contributed by atoms with Crippen LogP contribution < -0.4 is 20.3 Å². The van der Waals surface area contributed by atoms with Crippen LogP contribution in [0, 0.1) is 13.8 Å². The molecule has 1 heterocycles. The van der Waals surface area contributed by atoms with Crippen LogP contribution in [0.3, 0.4) is 0 Å². The van der Waals surface area contributed by atoms with Crippen LogP contribution >= 0.6 is 0 Å². The Morgan fingerprint density at radius 3 is 2.43 bits per heavy atom. The number of fused-ring (bicyclic) bond motifs is 1. The molecule has 0 saturated heterocycles. The van der Waals surface area contributed by atoms with Gasteiger partial charge in [0.1, 0.15) is 18.0 Å². The van der Waals surface area contributed by atoms with Gasteiger partial charge in [-0.1, -0.05) is 6.07 Å². The van der Waals surface area contributed by atoms with E-state index in [4.69, 9.17) is 9.47 Å². The first-order valence-corrected chi connectivity index (χ1v) is 8.87. The molecule has 0 unspecified atom stereocenters.